The Kier molecular flexibility index (Phi) is 4.05. The zero-order valence-electron chi connectivity index (χ0n) is 14.0. The van der Waals surface area contributed by atoms with Crippen LogP contribution < -0.4 is 10.9 Å². The van der Waals surface area contributed by atoms with E-state index >= 15 is 0 Å². The summed E-state index contributed by atoms with van der Waals surface area (Å²) in [6.45, 7) is 2.33. The largest absolute Gasteiger partial charge is 0.383 e. The van der Waals surface area contributed by atoms with Gasteiger partial charge in [-0.15, -0.1) is 5.10 Å². The Balaban J connectivity index is 1.61. The Hall–Kier alpha value is -2.25. The molecule has 0 saturated heterocycles. The summed E-state index contributed by atoms with van der Waals surface area (Å²) in [5.41, 5.74) is 1.86. The molecule has 2 aromatic heterocycles. The molecule has 2 N–H and O–H groups in total. The van der Waals surface area contributed by atoms with Gasteiger partial charge < -0.3 is 10.4 Å². The summed E-state index contributed by atoms with van der Waals surface area (Å²) >= 11 is 1.33. The molecule has 6 nitrogen and oxygen atoms in total. The average molecular weight is 356 g/mol. The van der Waals surface area contributed by atoms with Gasteiger partial charge in [0.05, 0.1) is 6.54 Å². The lowest BCUT2D eigenvalue weighted by molar-refractivity contribution is 0.0323. The number of benzene rings is 1. The molecule has 1 aromatic carbocycles. The monoisotopic (exact) mass is 356 g/mol. The van der Waals surface area contributed by atoms with Gasteiger partial charge in [-0.2, -0.15) is 4.52 Å². The molecular formula is C18H20N4O2S. The molecular weight excluding hydrogens is 336 g/mol. The number of aliphatic hydroxyl groups is 1. The fourth-order valence-electron chi connectivity index (χ4n) is 3.41. The lowest BCUT2D eigenvalue weighted by Gasteiger charge is -2.34. The van der Waals surface area contributed by atoms with E-state index in [9.17, 15) is 9.90 Å². The summed E-state index contributed by atoms with van der Waals surface area (Å²) in [7, 11) is 0. The van der Waals surface area contributed by atoms with Crippen molar-refractivity contribution in [3.05, 3.63) is 57.5 Å². The molecule has 0 aliphatic heterocycles. The van der Waals surface area contributed by atoms with Crippen LogP contribution in [0.3, 0.4) is 0 Å². The van der Waals surface area contributed by atoms with Crippen molar-refractivity contribution in [3.63, 3.8) is 0 Å². The van der Waals surface area contributed by atoms with Crippen LogP contribution in [0.4, 0.5) is 5.13 Å². The molecule has 3 aromatic rings. The molecule has 1 atom stereocenters. The molecule has 130 valence electrons. The summed E-state index contributed by atoms with van der Waals surface area (Å²) in [5, 5.41) is 19.2. The zero-order valence-corrected chi connectivity index (χ0v) is 14.8. The smallest absolute Gasteiger partial charge is 0.275 e. The number of nitrogens with one attached hydrogen (secondary N) is 1. The van der Waals surface area contributed by atoms with Crippen molar-refractivity contribution in [2.24, 2.45) is 0 Å². The van der Waals surface area contributed by atoms with Crippen molar-refractivity contribution in [3.8, 4) is 0 Å². The van der Waals surface area contributed by atoms with Crippen molar-refractivity contribution in [1.29, 1.82) is 0 Å². The first-order valence-corrected chi connectivity index (χ1v) is 9.35. The maximum Gasteiger partial charge on any atom is 0.275 e. The van der Waals surface area contributed by atoms with Crippen LogP contribution in [0.25, 0.3) is 4.96 Å². The number of hydrogen-bond donors (Lipinski definition) is 2. The van der Waals surface area contributed by atoms with Gasteiger partial charge in [0, 0.05) is 11.8 Å². The first-order chi connectivity index (χ1) is 12.1. The van der Waals surface area contributed by atoms with E-state index in [0.717, 1.165) is 24.1 Å². The first-order valence-electron chi connectivity index (χ1n) is 8.53. The van der Waals surface area contributed by atoms with Crippen molar-refractivity contribution >= 4 is 21.4 Å². The summed E-state index contributed by atoms with van der Waals surface area (Å²) in [4.78, 5) is 17.1. The summed E-state index contributed by atoms with van der Waals surface area (Å²) < 4.78 is 1.31. The molecule has 0 spiro atoms. The van der Waals surface area contributed by atoms with Gasteiger partial charge in [0.1, 0.15) is 5.60 Å². The highest BCUT2D eigenvalue weighted by atomic mass is 32.1. The predicted octanol–water partition coefficient (Wildman–Crippen LogP) is 2.35. The summed E-state index contributed by atoms with van der Waals surface area (Å²) in [6, 6.07) is 9.56. The molecule has 0 radical (unpaired) electrons. The van der Waals surface area contributed by atoms with E-state index in [4.69, 9.17) is 0 Å². The number of nitrogens with zero attached hydrogens (tertiary/aromatic N) is 3. The second-order valence-corrected chi connectivity index (χ2v) is 7.39. The third kappa shape index (κ3) is 2.94. The van der Waals surface area contributed by atoms with E-state index < -0.39 is 5.60 Å². The minimum atomic E-state index is -0.917. The standard InChI is InChI=1S/C18H20N4O2S/c1-2-13-10-15(23)22-17(20-13)25-16(21-22)19-11-18(24)9-5-7-12-6-3-4-8-14(12)18/h3-4,6,8,10,24H,2,5,7,9,11H2,1H3,(H,19,21). The van der Waals surface area contributed by atoms with E-state index in [1.54, 1.807) is 0 Å². The van der Waals surface area contributed by atoms with Crippen LogP contribution in [-0.4, -0.2) is 26.2 Å². The summed E-state index contributed by atoms with van der Waals surface area (Å²) in [5.74, 6) is 0. The maximum atomic E-state index is 12.1. The number of fused-ring (bicyclic) bond motifs is 2. The predicted molar refractivity (Wildman–Crippen MR) is 98.3 cm³/mol. The van der Waals surface area contributed by atoms with Crippen molar-refractivity contribution < 1.29 is 5.11 Å². The Morgan fingerprint density at radius 3 is 3.08 bits per heavy atom. The molecule has 7 heteroatoms. The van der Waals surface area contributed by atoms with Crippen LogP contribution >= 0.6 is 11.3 Å². The lowest BCUT2D eigenvalue weighted by Crippen LogP contribution is -2.37. The van der Waals surface area contributed by atoms with Gasteiger partial charge >= 0.3 is 0 Å². The molecule has 0 bridgehead atoms. The highest BCUT2D eigenvalue weighted by Crippen LogP contribution is 2.35. The molecule has 1 aliphatic carbocycles. The van der Waals surface area contributed by atoms with E-state index in [-0.39, 0.29) is 5.56 Å². The van der Waals surface area contributed by atoms with Gasteiger partial charge in [-0.05, 0) is 36.8 Å². The van der Waals surface area contributed by atoms with Crippen LogP contribution in [0.15, 0.2) is 35.1 Å². The third-order valence-corrected chi connectivity index (χ3v) is 5.61. The highest BCUT2D eigenvalue weighted by Gasteiger charge is 2.34. The average Bonchev–Trinajstić information content (AvgIpc) is 3.04. The van der Waals surface area contributed by atoms with Crippen LogP contribution in [0.5, 0.6) is 0 Å². The molecule has 1 aliphatic rings. The fraction of sp³-hybridized carbons (Fsp3) is 0.389. The van der Waals surface area contributed by atoms with Gasteiger partial charge in [-0.1, -0.05) is 42.5 Å². The van der Waals surface area contributed by atoms with Crippen molar-refractivity contribution in [2.45, 2.75) is 38.2 Å². The molecule has 0 amide bonds. The van der Waals surface area contributed by atoms with E-state index in [1.807, 2.05) is 25.1 Å². The van der Waals surface area contributed by atoms with Gasteiger partial charge in [-0.3, -0.25) is 4.79 Å². The topological polar surface area (TPSA) is 79.5 Å². The van der Waals surface area contributed by atoms with Crippen molar-refractivity contribution in [2.75, 3.05) is 11.9 Å². The number of aromatic nitrogens is 3. The molecule has 4 rings (SSSR count). The van der Waals surface area contributed by atoms with E-state index in [1.165, 1.54) is 27.5 Å². The zero-order chi connectivity index (χ0) is 17.4. The number of aryl methyl sites for hydroxylation is 2. The number of hydrogen-bond acceptors (Lipinski definition) is 6. The Labute approximate surface area is 149 Å². The second-order valence-electron chi connectivity index (χ2n) is 6.44. The molecule has 0 saturated carbocycles. The van der Waals surface area contributed by atoms with Gasteiger partial charge in [0.15, 0.2) is 0 Å². The van der Waals surface area contributed by atoms with Gasteiger partial charge in [-0.25, -0.2) is 4.98 Å². The Bertz CT molecular complexity index is 981. The van der Waals surface area contributed by atoms with Gasteiger partial charge in [0.2, 0.25) is 10.1 Å². The van der Waals surface area contributed by atoms with Crippen LogP contribution in [0.1, 0.15) is 36.6 Å². The molecule has 2 heterocycles. The SMILES string of the molecule is CCc1cc(=O)n2nc(NCC3(O)CCCc4ccccc43)sc2n1. The van der Waals surface area contributed by atoms with E-state index in [2.05, 4.69) is 21.5 Å². The maximum absolute atomic E-state index is 12.1. The minimum absolute atomic E-state index is 0.173. The number of anilines is 1. The highest BCUT2D eigenvalue weighted by molar-refractivity contribution is 7.20. The first kappa shape index (κ1) is 16.2. The van der Waals surface area contributed by atoms with Crippen LogP contribution in [0.2, 0.25) is 0 Å². The Morgan fingerprint density at radius 2 is 2.24 bits per heavy atom. The Morgan fingerprint density at radius 1 is 1.40 bits per heavy atom. The third-order valence-electron chi connectivity index (χ3n) is 4.75. The number of rotatable bonds is 4. The second kappa shape index (κ2) is 6.24. The normalized spacial score (nSPS) is 19.8. The van der Waals surface area contributed by atoms with Crippen LogP contribution in [0, 0.1) is 0 Å². The van der Waals surface area contributed by atoms with Gasteiger partial charge in [0.25, 0.3) is 5.56 Å². The molecule has 0 fully saturated rings. The fourth-order valence-corrected chi connectivity index (χ4v) is 4.23. The minimum Gasteiger partial charge on any atom is -0.383 e. The lowest BCUT2D eigenvalue weighted by atomic mass is 9.79. The molecule has 1 unspecified atom stereocenters. The molecule has 25 heavy (non-hydrogen) atoms. The summed E-state index contributed by atoms with van der Waals surface area (Å²) in [6.07, 6.45) is 3.37. The van der Waals surface area contributed by atoms with Crippen molar-refractivity contribution in [1.82, 2.24) is 14.6 Å². The quantitative estimate of drug-likeness (QED) is 0.750. The van der Waals surface area contributed by atoms with Crippen LogP contribution in [-0.2, 0) is 18.4 Å². The van der Waals surface area contributed by atoms with E-state index in [0.29, 0.717) is 29.5 Å².